The molecule has 0 saturated heterocycles. The van der Waals surface area contributed by atoms with Gasteiger partial charge in [0.25, 0.3) is 0 Å². The zero-order valence-electron chi connectivity index (χ0n) is 41.6. The predicted molar refractivity (Wildman–Crippen MR) is 259 cm³/mol. The Morgan fingerprint density at radius 3 is 1.27 bits per heavy atom. The van der Waals surface area contributed by atoms with Gasteiger partial charge < -0.3 is 28.6 Å². The van der Waals surface area contributed by atoms with Gasteiger partial charge in [0.15, 0.2) is 6.10 Å². The van der Waals surface area contributed by atoms with Crippen molar-refractivity contribution in [2.24, 2.45) is 0 Å². The van der Waals surface area contributed by atoms with Crippen LogP contribution in [0.3, 0.4) is 0 Å². The molecule has 2 atom stereocenters. The van der Waals surface area contributed by atoms with E-state index in [1.54, 1.807) is 0 Å². The molecule has 0 amide bonds. The fourth-order valence-corrected chi connectivity index (χ4v) is 7.99. The van der Waals surface area contributed by atoms with Crippen LogP contribution in [0.25, 0.3) is 0 Å². The summed E-state index contributed by atoms with van der Waals surface area (Å²) in [5, 5.41) is 11.7. The molecule has 364 valence electrons. The van der Waals surface area contributed by atoms with E-state index in [1.165, 1.54) is 167 Å². The summed E-state index contributed by atoms with van der Waals surface area (Å²) in [6.45, 7) is 4.67. The van der Waals surface area contributed by atoms with Crippen molar-refractivity contribution in [1.29, 1.82) is 0 Å². The smallest absolute Gasteiger partial charge is 0.306 e. The Kier molecular flexibility index (Phi) is 43.8. The van der Waals surface area contributed by atoms with E-state index < -0.39 is 18.1 Å². The number of carboxylic acids is 1. The standard InChI is InChI=1S/C54H101NO7/c1-6-8-10-12-14-16-18-20-22-24-25-26-27-29-30-32-34-36-38-40-42-44-52(56)61-49-50(48-60-47-46-51(54(58)59)55(3,4)5)62-53(57)45-43-41-39-37-35-33-31-28-23-21-19-17-15-13-11-9-7-2/h15,17,21,23,50-51H,6-14,16,18-20,22,24-49H2,1-5H3/b17-15+,23-21+. The first-order valence-corrected chi connectivity index (χ1v) is 26.4. The van der Waals surface area contributed by atoms with Crippen LogP contribution >= 0.6 is 0 Å². The van der Waals surface area contributed by atoms with Crippen LogP contribution in [0, 0.1) is 0 Å². The number of quaternary nitrogens is 1. The van der Waals surface area contributed by atoms with Crippen LogP contribution in [0.2, 0.25) is 0 Å². The maximum absolute atomic E-state index is 12.8. The maximum atomic E-state index is 12.8. The quantitative estimate of drug-likeness (QED) is 0.0260. The summed E-state index contributed by atoms with van der Waals surface area (Å²) >= 11 is 0. The van der Waals surface area contributed by atoms with E-state index in [1.807, 2.05) is 21.1 Å². The van der Waals surface area contributed by atoms with Gasteiger partial charge in [-0.3, -0.25) is 9.59 Å². The summed E-state index contributed by atoms with van der Waals surface area (Å²) in [7, 11) is 5.42. The first-order valence-electron chi connectivity index (χ1n) is 26.4. The van der Waals surface area contributed by atoms with E-state index in [0.29, 0.717) is 12.8 Å². The molecule has 0 aliphatic heterocycles. The molecule has 0 aliphatic carbocycles. The summed E-state index contributed by atoms with van der Waals surface area (Å²) in [5.74, 6) is -1.73. The van der Waals surface area contributed by atoms with Crippen LogP contribution in [-0.2, 0) is 28.6 Å². The lowest BCUT2D eigenvalue weighted by atomic mass is 10.0. The number of unbranched alkanes of at least 4 members (excludes halogenated alkanes) is 30. The Morgan fingerprint density at radius 1 is 0.484 bits per heavy atom. The van der Waals surface area contributed by atoms with Gasteiger partial charge in [-0.1, -0.05) is 212 Å². The molecular weight excluding hydrogens is 775 g/mol. The second-order valence-electron chi connectivity index (χ2n) is 19.1. The molecule has 0 aromatic rings. The van der Waals surface area contributed by atoms with Crippen molar-refractivity contribution in [2.75, 3.05) is 41.0 Å². The van der Waals surface area contributed by atoms with E-state index in [2.05, 4.69) is 38.2 Å². The number of hydrogen-bond donors (Lipinski definition) is 0. The third kappa shape index (κ3) is 43.1. The highest BCUT2D eigenvalue weighted by Crippen LogP contribution is 2.17. The SMILES string of the molecule is CCCCC/C=C/C/C=C/CCCCCCCCCC(=O)OC(COCCC(C(=O)[O-])[N+](C)(C)C)COC(=O)CCCCCCCCCCCCCCCCCCCCCCC. The number of aliphatic carboxylic acids is 1. The molecule has 0 saturated carbocycles. The summed E-state index contributed by atoms with van der Waals surface area (Å²) in [4.78, 5) is 37.0. The molecule has 0 N–H and O–H groups in total. The number of carbonyl (C=O) groups excluding carboxylic acids is 3. The zero-order chi connectivity index (χ0) is 45.6. The van der Waals surface area contributed by atoms with E-state index >= 15 is 0 Å². The third-order valence-corrected chi connectivity index (χ3v) is 12.1. The number of likely N-dealkylation sites (N-methyl/N-ethyl adjacent to an activating group) is 1. The number of carboxylic acid groups (broad SMARTS) is 1. The monoisotopic (exact) mass is 876 g/mol. The average molecular weight is 876 g/mol. The molecular formula is C54H101NO7. The molecule has 0 spiro atoms. The zero-order valence-corrected chi connectivity index (χ0v) is 41.6. The summed E-state index contributed by atoms with van der Waals surface area (Å²) in [6.07, 6.45) is 52.1. The highest BCUT2D eigenvalue weighted by atomic mass is 16.6. The van der Waals surface area contributed by atoms with Crippen molar-refractivity contribution < 1.29 is 38.2 Å². The molecule has 62 heavy (non-hydrogen) atoms. The van der Waals surface area contributed by atoms with E-state index in [-0.39, 0.29) is 42.7 Å². The molecule has 0 aromatic heterocycles. The predicted octanol–water partition coefficient (Wildman–Crippen LogP) is 13.9. The molecule has 0 fully saturated rings. The van der Waals surface area contributed by atoms with Gasteiger partial charge in [0, 0.05) is 19.3 Å². The van der Waals surface area contributed by atoms with Crippen LogP contribution in [0.5, 0.6) is 0 Å². The largest absolute Gasteiger partial charge is 0.544 e. The molecule has 8 nitrogen and oxygen atoms in total. The van der Waals surface area contributed by atoms with Crippen molar-refractivity contribution >= 4 is 17.9 Å². The van der Waals surface area contributed by atoms with Crippen LogP contribution in [0.15, 0.2) is 24.3 Å². The Balaban J connectivity index is 4.19. The van der Waals surface area contributed by atoms with Crippen LogP contribution < -0.4 is 5.11 Å². The van der Waals surface area contributed by atoms with Crippen molar-refractivity contribution in [3.63, 3.8) is 0 Å². The van der Waals surface area contributed by atoms with Crippen LogP contribution in [0.4, 0.5) is 0 Å². The molecule has 0 radical (unpaired) electrons. The fraction of sp³-hybridized carbons (Fsp3) is 0.870. The lowest BCUT2D eigenvalue weighted by Gasteiger charge is -2.34. The number of ether oxygens (including phenoxy) is 3. The first kappa shape index (κ1) is 59.8. The number of hydrogen-bond acceptors (Lipinski definition) is 7. The maximum Gasteiger partial charge on any atom is 0.306 e. The highest BCUT2D eigenvalue weighted by Gasteiger charge is 2.25. The Morgan fingerprint density at radius 2 is 0.855 bits per heavy atom. The second kappa shape index (κ2) is 45.4. The van der Waals surface area contributed by atoms with E-state index in [0.717, 1.165) is 51.4 Å². The van der Waals surface area contributed by atoms with Crippen LogP contribution in [-0.4, -0.2) is 75.5 Å². The van der Waals surface area contributed by atoms with Crippen molar-refractivity contribution in [1.82, 2.24) is 0 Å². The van der Waals surface area contributed by atoms with Gasteiger partial charge in [-0.2, -0.15) is 0 Å². The molecule has 8 heteroatoms. The highest BCUT2D eigenvalue weighted by molar-refractivity contribution is 5.70. The molecule has 2 unspecified atom stereocenters. The average Bonchev–Trinajstić information content (AvgIpc) is 3.23. The lowest BCUT2D eigenvalue weighted by Crippen LogP contribution is -2.55. The number of allylic oxidation sites excluding steroid dienone is 4. The topological polar surface area (TPSA) is 102 Å². The van der Waals surface area contributed by atoms with Crippen LogP contribution in [0.1, 0.15) is 251 Å². The number of rotatable bonds is 48. The van der Waals surface area contributed by atoms with Gasteiger partial charge in [0.05, 0.1) is 40.3 Å². The number of carbonyl (C=O) groups is 3. The summed E-state index contributed by atoms with van der Waals surface area (Å²) in [5.41, 5.74) is 0. The van der Waals surface area contributed by atoms with Gasteiger partial charge in [-0.25, -0.2) is 0 Å². The molecule has 0 bridgehead atoms. The Bertz CT molecular complexity index is 1070. The normalized spacial score (nSPS) is 13.0. The van der Waals surface area contributed by atoms with Gasteiger partial charge in [-0.05, 0) is 44.9 Å². The third-order valence-electron chi connectivity index (χ3n) is 12.1. The lowest BCUT2D eigenvalue weighted by molar-refractivity contribution is -0.889. The Hall–Kier alpha value is -2.19. The minimum Gasteiger partial charge on any atom is -0.544 e. The molecule has 0 aromatic carbocycles. The summed E-state index contributed by atoms with van der Waals surface area (Å²) < 4.78 is 17.3. The second-order valence-corrected chi connectivity index (χ2v) is 19.1. The molecule has 0 aliphatic rings. The molecule has 0 heterocycles. The van der Waals surface area contributed by atoms with Gasteiger partial charge in [-0.15, -0.1) is 0 Å². The van der Waals surface area contributed by atoms with Gasteiger partial charge in [0.1, 0.15) is 12.6 Å². The summed E-state index contributed by atoms with van der Waals surface area (Å²) in [6, 6.07) is -0.725. The number of nitrogens with zero attached hydrogens (tertiary/aromatic N) is 1. The fourth-order valence-electron chi connectivity index (χ4n) is 7.99. The van der Waals surface area contributed by atoms with Crippen molar-refractivity contribution in [3.05, 3.63) is 24.3 Å². The van der Waals surface area contributed by atoms with Gasteiger partial charge in [0.2, 0.25) is 0 Å². The van der Waals surface area contributed by atoms with E-state index in [4.69, 9.17) is 14.2 Å². The molecule has 0 rings (SSSR count). The van der Waals surface area contributed by atoms with Crippen molar-refractivity contribution in [3.8, 4) is 0 Å². The van der Waals surface area contributed by atoms with Crippen molar-refractivity contribution in [2.45, 2.75) is 264 Å². The first-order chi connectivity index (χ1) is 30.1. The minimum absolute atomic E-state index is 0.0419. The Labute approximate surface area is 383 Å². The van der Waals surface area contributed by atoms with E-state index in [9.17, 15) is 19.5 Å². The minimum atomic E-state index is -1.12. The van der Waals surface area contributed by atoms with Gasteiger partial charge >= 0.3 is 11.9 Å². The number of esters is 2.